The molecular weight excluding hydrogens is 450 g/mol. The second-order valence-corrected chi connectivity index (χ2v) is 9.14. The summed E-state index contributed by atoms with van der Waals surface area (Å²) in [5.74, 6) is 1.58. The topological polar surface area (TPSA) is 64.1 Å². The highest BCUT2D eigenvalue weighted by Gasteiger charge is 2.20. The van der Waals surface area contributed by atoms with E-state index in [0.717, 1.165) is 60.6 Å². The van der Waals surface area contributed by atoms with Gasteiger partial charge in [0.15, 0.2) is 0 Å². The molecule has 0 aliphatic carbocycles. The van der Waals surface area contributed by atoms with E-state index in [0.29, 0.717) is 25.3 Å². The summed E-state index contributed by atoms with van der Waals surface area (Å²) in [7, 11) is 1.62. The molecule has 0 spiro atoms. The number of nitrogens with zero attached hydrogens (tertiary/aromatic N) is 3. The van der Waals surface area contributed by atoms with Gasteiger partial charge < -0.3 is 19.1 Å². The zero-order valence-corrected chi connectivity index (χ0v) is 20.6. The molecule has 180 valence electrons. The highest BCUT2D eigenvalue weighted by atomic mass is 32.1. The number of aryl methyl sites for hydroxylation is 1. The summed E-state index contributed by atoms with van der Waals surface area (Å²) in [4.78, 5) is 22.3. The number of ether oxygens (including phenoxy) is 3. The number of methoxy groups -OCH3 is 1. The van der Waals surface area contributed by atoms with Crippen LogP contribution in [0.4, 0.5) is 0 Å². The first-order valence-corrected chi connectivity index (χ1v) is 12.4. The van der Waals surface area contributed by atoms with Crippen molar-refractivity contribution in [1.29, 1.82) is 0 Å². The molecule has 0 atom stereocenters. The molecule has 3 aromatic rings. The Morgan fingerprint density at radius 1 is 1.15 bits per heavy atom. The predicted octanol–water partition coefficient (Wildman–Crippen LogP) is 4.01. The van der Waals surface area contributed by atoms with Crippen molar-refractivity contribution in [1.82, 2.24) is 14.8 Å². The minimum Gasteiger partial charge on any atom is -0.497 e. The number of amides is 1. The number of aromatic nitrogens is 1. The van der Waals surface area contributed by atoms with Crippen molar-refractivity contribution in [3.8, 4) is 11.5 Å². The fourth-order valence-electron chi connectivity index (χ4n) is 3.80. The van der Waals surface area contributed by atoms with Gasteiger partial charge in [-0.2, -0.15) is 0 Å². The molecule has 2 aromatic carbocycles. The minimum absolute atomic E-state index is 0.0124. The molecule has 0 bridgehead atoms. The summed E-state index contributed by atoms with van der Waals surface area (Å²) in [6.07, 6.45) is 0. The lowest BCUT2D eigenvalue weighted by atomic mass is 10.2. The van der Waals surface area contributed by atoms with Crippen LogP contribution in [0.5, 0.6) is 11.5 Å². The van der Waals surface area contributed by atoms with Crippen molar-refractivity contribution in [2.24, 2.45) is 0 Å². The molecule has 0 unspecified atom stereocenters. The molecule has 1 amide bonds. The van der Waals surface area contributed by atoms with E-state index in [4.69, 9.17) is 19.2 Å². The second kappa shape index (κ2) is 12.0. The molecule has 4 rings (SSSR count). The molecule has 1 saturated heterocycles. The Hall–Kier alpha value is -2.94. The monoisotopic (exact) mass is 481 g/mol. The molecular formula is C26H31N3O4S. The van der Waals surface area contributed by atoms with E-state index < -0.39 is 0 Å². The van der Waals surface area contributed by atoms with Crippen LogP contribution in [0.3, 0.4) is 0 Å². The van der Waals surface area contributed by atoms with Crippen molar-refractivity contribution in [2.75, 3.05) is 46.5 Å². The number of benzene rings is 2. The van der Waals surface area contributed by atoms with Gasteiger partial charge in [0.05, 0.1) is 32.6 Å². The lowest BCUT2D eigenvalue weighted by Gasteiger charge is -2.30. The smallest absolute Gasteiger partial charge is 0.254 e. The molecule has 1 aliphatic heterocycles. The van der Waals surface area contributed by atoms with Crippen molar-refractivity contribution >= 4 is 17.2 Å². The quantitative estimate of drug-likeness (QED) is 0.436. The molecule has 0 radical (unpaired) electrons. The average Bonchev–Trinajstić information content (AvgIpc) is 3.33. The van der Waals surface area contributed by atoms with Gasteiger partial charge in [0, 0.05) is 37.1 Å². The van der Waals surface area contributed by atoms with E-state index in [9.17, 15) is 4.79 Å². The Labute approximate surface area is 204 Å². The van der Waals surface area contributed by atoms with Crippen LogP contribution >= 0.6 is 11.3 Å². The Balaban J connectivity index is 1.42. The number of morpholine rings is 1. The Morgan fingerprint density at radius 3 is 2.65 bits per heavy atom. The number of carbonyl (C=O) groups excluding carboxylic acids is 1. The van der Waals surface area contributed by atoms with E-state index >= 15 is 0 Å². The number of para-hydroxylation sites is 1. The molecule has 2 heterocycles. The number of hydrogen-bond acceptors (Lipinski definition) is 7. The van der Waals surface area contributed by atoms with Gasteiger partial charge in [-0.3, -0.25) is 9.69 Å². The lowest BCUT2D eigenvalue weighted by molar-refractivity contribution is 0.0319. The molecule has 0 N–H and O–H groups in total. The second-order valence-electron chi connectivity index (χ2n) is 8.20. The molecule has 1 aromatic heterocycles. The first kappa shape index (κ1) is 24.2. The maximum Gasteiger partial charge on any atom is 0.254 e. The molecule has 8 heteroatoms. The largest absolute Gasteiger partial charge is 0.497 e. The summed E-state index contributed by atoms with van der Waals surface area (Å²) >= 11 is 1.56. The van der Waals surface area contributed by atoms with Crippen LogP contribution in [0.25, 0.3) is 0 Å². The van der Waals surface area contributed by atoms with Gasteiger partial charge in [-0.25, -0.2) is 4.98 Å². The van der Waals surface area contributed by atoms with Gasteiger partial charge in [-0.1, -0.05) is 18.2 Å². The number of carbonyl (C=O) groups is 1. The van der Waals surface area contributed by atoms with Gasteiger partial charge in [0.2, 0.25) is 0 Å². The number of hydrogen-bond donors (Lipinski definition) is 0. The van der Waals surface area contributed by atoms with Crippen LogP contribution in [0.15, 0.2) is 53.9 Å². The maximum atomic E-state index is 13.4. The SMILES string of the molecule is COc1ccc(C(=O)N(CCN2CCOCC2)Cc2csc(COc3ccccc3C)n2)cc1. The summed E-state index contributed by atoms with van der Waals surface area (Å²) in [5, 5.41) is 2.91. The minimum atomic E-state index is -0.0124. The summed E-state index contributed by atoms with van der Waals surface area (Å²) in [6.45, 7) is 7.58. The predicted molar refractivity (Wildman–Crippen MR) is 133 cm³/mol. The molecule has 0 saturated carbocycles. The Kier molecular flexibility index (Phi) is 8.51. The van der Waals surface area contributed by atoms with E-state index in [1.54, 1.807) is 18.4 Å². The first-order chi connectivity index (χ1) is 16.6. The van der Waals surface area contributed by atoms with Gasteiger partial charge in [-0.15, -0.1) is 11.3 Å². The van der Waals surface area contributed by atoms with Crippen LogP contribution in [0.1, 0.15) is 26.6 Å². The van der Waals surface area contributed by atoms with Crippen molar-refractivity contribution in [2.45, 2.75) is 20.1 Å². The van der Waals surface area contributed by atoms with Crippen LogP contribution in [0, 0.1) is 6.92 Å². The Morgan fingerprint density at radius 2 is 1.91 bits per heavy atom. The van der Waals surface area contributed by atoms with Crippen LogP contribution in [-0.2, 0) is 17.9 Å². The highest BCUT2D eigenvalue weighted by Crippen LogP contribution is 2.20. The third-order valence-corrected chi connectivity index (χ3v) is 6.68. The van der Waals surface area contributed by atoms with E-state index in [2.05, 4.69) is 4.90 Å². The summed E-state index contributed by atoms with van der Waals surface area (Å²) in [5.41, 5.74) is 2.61. The third-order valence-electron chi connectivity index (χ3n) is 5.81. The van der Waals surface area contributed by atoms with Crippen LogP contribution < -0.4 is 9.47 Å². The van der Waals surface area contributed by atoms with Crippen LogP contribution in [-0.4, -0.2) is 67.2 Å². The first-order valence-electron chi connectivity index (χ1n) is 11.5. The van der Waals surface area contributed by atoms with Crippen LogP contribution in [0.2, 0.25) is 0 Å². The number of thiazole rings is 1. The van der Waals surface area contributed by atoms with Gasteiger partial charge in [0.1, 0.15) is 23.1 Å². The maximum absolute atomic E-state index is 13.4. The van der Waals surface area contributed by atoms with Crippen molar-refractivity contribution in [3.05, 3.63) is 75.7 Å². The summed E-state index contributed by atoms with van der Waals surface area (Å²) in [6, 6.07) is 15.2. The summed E-state index contributed by atoms with van der Waals surface area (Å²) < 4.78 is 16.6. The molecule has 1 aliphatic rings. The zero-order chi connectivity index (χ0) is 23.8. The molecule has 1 fully saturated rings. The third kappa shape index (κ3) is 6.56. The molecule has 7 nitrogen and oxygen atoms in total. The van der Waals surface area contributed by atoms with E-state index in [1.165, 1.54) is 0 Å². The van der Waals surface area contributed by atoms with Gasteiger partial charge >= 0.3 is 0 Å². The average molecular weight is 482 g/mol. The standard InChI is InChI=1S/C26H31N3O4S/c1-20-5-3-4-6-24(20)33-18-25-27-22(19-34-25)17-29(12-11-28-13-15-32-16-14-28)26(30)21-7-9-23(31-2)10-8-21/h3-10,19H,11-18H2,1-2H3. The molecule has 34 heavy (non-hydrogen) atoms. The Bertz CT molecular complexity index is 1060. The zero-order valence-electron chi connectivity index (χ0n) is 19.7. The van der Waals surface area contributed by atoms with Crippen molar-refractivity contribution < 1.29 is 19.0 Å². The van der Waals surface area contributed by atoms with E-state index in [-0.39, 0.29) is 5.91 Å². The fourth-order valence-corrected chi connectivity index (χ4v) is 4.49. The number of rotatable bonds is 10. The van der Waals surface area contributed by atoms with E-state index in [1.807, 2.05) is 65.7 Å². The van der Waals surface area contributed by atoms with Gasteiger partial charge in [0.25, 0.3) is 5.91 Å². The van der Waals surface area contributed by atoms with Gasteiger partial charge in [-0.05, 0) is 42.8 Å². The van der Waals surface area contributed by atoms with Crippen molar-refractivity contribution in [3.63, 3.8) is 0 Å². The highest BCUT2D eigenvalue weighted by molar-refractivity contribution is 7.09. The fraction of sp³-hybridized carbons (Fsp3) is 0.385. The normalized spacial score (nSPS) is 14.1. The lowest BCUT2D eigenvalue weighted by Crippen LogP contribution is -2.43.